The quantitative estimate of drug-likeness (QED) is 0.0243. The first kappa shape index (κ1) is 72.7. The summed E-state index contributed by atoms with van der Waals surface area (Å²) in [5.41, 5.74) is 0. The number of aliphatic hydroxyl groups is 1. The van der Waals surface area contributed by atoms with Crippen LogP contribution >= 0.6 is 7.82 Å². The zero-order valence-electron chi connectivity index (χ0n) is 50.1. The van der Waals surface area contributed by atoms with Gasteiger partial charge in [0.15, 0.2) is 0 Å². The lowest BCUT2D eigenvalue weighted by Crippen LogP contribution is -2.45. The number of quaternary nitrogens is 1. The molecule has 3 N–H and O–H groups in total. The molecule has 0 bridgehead atoms. The van der Waals surface area contributed by atoms with Gasteiger partial charge in [0.1, 0.15) is 13.2 Å². The number of hydrogen-bond donors (Lipinski definition) is 3. The highest BCUT2D eigenvalue weighted by molar-refractivity contribution is 7.47. The number of amides is 1. The van der Waals surface area contributed by atoms with Crippen LogP contribution in [0.2, 0.25) is 0 Å². The number of nitrogens with one attached hydrogen (secondary N) is 1. The number of nitrogens with zero attached hydrogens (tertiary/aromatic N) is 1. The van der Waals surface area contributed by atoms with Crippen molar-refractivity contribution in [2.75, 3.05) is 40.9 Å². The van der Waals surface area contributed by atoms with Gasteiger partial charge < -0.3 is 19.8 Å². The van der Waals surface area contributed by atoms with Crippen LogP contribution < -0.4 is 5.32 Å². The Bertz CT molecular complexity index is 1300. The fourth-order valence-corrected chi connectivity index (χ4v) is 10.5. The molecule has 0 heterocycles. The minimum atomic E-state index is -4.36. The van der Waals surface area contributed by atoms with E-state index in [1.807, 2.05) is 27.2 Å². The fraction of sp³-hybridized carbons (Fsp3) is 0.892. The van der Waals surface area contributed by atoms with E-state index < -0.39 is 20.0 Å². The highest BCUT2D eigenvalue weighted by atomic mass is 31.2. The highest BCUT2D eigenvalue weighted by Gasteiger charge is 2.27. The molecule has 0 fully saturated rings. The van der Waals surface area contributed by atoms with Gasteiger partial charge in [-0.2, -0.15) is 0 Å². The van der Waals surface area contributed by atoms with E-state index in [9.17, 15) is 19.4 Å². The van der Waals surface area contributed by atoms with Crippen LogP contribution in [-0.2, 0) is 18.4 Å². The normalized spacial score (nSPS) is 14.0. The maximum absolute atomic E-state index is 13.0. The molecular formula is C65H128N2O6P+. The number of hydrogen-bond acceptors (Lipinski definition) is 5. The summed E-state index contributed by atoms with van der Waals surface area (Å²) in [6, 6.07) is -0.867. The minimum absolute atomic E-state index is 0.0550. The molecule has 74 heavy (non-hydrogen) atoms. The summed E-state index contributed by atoms with van der Waals surface area (Å²) in [4.78, 5) is 23.3. The van der Waals surface area contributed by atoms with Crippen LogP contribution in [0, 0.1) is 0 Å². The van der Waals surface area contributed by atoms with Gasteiger partial charge in [-0.3, -0.25) is 13.8 Å². The number of phosphoric ester groups is 1. The predicted molar refractivity (Wildman–Crippen MR) is 323 cm³/mol. The molecule has 0 rings (SSSR count). The van der Waals surface area contributed by atoms with Crippen molar-refractivity contribution in [1.82, 2.24) is 5.32 Å². The van der Waals surface area contributed by atoms with Gasteiger partial charge in [-0.05, 0) is 44.9 Å². The molecule has 0 saturated heterocycles. The number of carbonyl (C=O) groups excluding carboxylic acids is 1. The fourth-order valence-electron chi connectivity index (χ4n) is 9.78. The lowest BCUT2D eigenvalue weighted by Gasteiger charge is -2.25. The molecule has 438 valence electrons. The van der Waals surface area contributed by atoms with Crippen molar-refractivity contribution in [1.29, 1.82) is 0 Å². The zero-order chi connectivity index (χ0) is 54.2. The second-order valence-electron chi connectivity index (χ2n) is 23.5. The van der Waals surface area contributed by atoms with Crippen molar-refractivity contribution in [2.45, 2.75) is 334 Å². The Morgan fingerprint density at radius 2 is 0.743 bits per heavy atom. The molecule has 0 radical (unpaired) electrons. The Kier molecular flexibility index (Phi) is 55.5. The van der Waals surface area contributed by atoms with Crippen molar-refractivity contribution in [3.8, 4) is 0 Å². The Balaban J connectivity index is 3.89. The molecule has 0 spiro atoms. The molecule has 3 atom stereocenters. The maximum Gasteiger partial charge on any atom is 0.472 e. The summed E-state index contributed by atoms with van der Waals surface area (Å²) in [6.07, 6.45) is 74.5. The SMILES string of the molecule is CCCCCC/C=C/CC/C=C/CC/C=C/C(O)C(COP(=O)(O)OCC[N+](C)(C)C)NC(=O)CCCCCCCCCCCCCCCCCCCCCCCCCCCCCCCCCCCCCCCC. The number of aliphatic hydroxyl groups excluding tert-OH is 1. The van der Waals surface area contributed by atoms with Crippen LogP contribution in [0.3, 0.4) is 0 Å². The van der Waals surface area contributed by atoms with Gasteiger partial charge in [0.2, 0.25) is 5.91 Å². The summed E-state index contributed by atoms with van der Waals surface area (Å²) in [7, 11) is 1.56. The number of allylic oxidation sites excluding steroid dienone is 5. The molecule has 0 aromatic rings. The molecule has 0 aliphatic carbocycles. The Labute approximate surface area is 461 Å². The Morgan fingerprint density at radius 3 is 1.08 bits per heavy atom. The highest BCUT2D eigenvalue weighted by Crippen LogP contribution is 2.43. The lowest BCUT2D eigenvalue weighted by molar-refractivity contribution is -0.870. The van der Waals surface area contributed by atoms with Gasteiger partial charge in [-0.1, -0.05) is 307 Å². The lowest BCUT2D eigenvalue weighted by atomic mass is 10.0. The van der Waals surface area contributed by atoms with Crippen molar-refractivity contribution in [2.24, 2.45) is 0 Å². The van der Waals surface area contributed by atoms with Gasteiger partial charge in [0.05, 0.1) is 39.9 Å². The molecule has 0 aromatic carbocycles. The van der Waals surface area contributed by atoms with Crippen LogP contribution in [0.4, 0.5) is 0 Å². The number of likely N-dealkylation sites (N-methyl/N-ethyl adjacent to an activating group) is 1. The van der Waals surface area contributed by atoms with Gasteiger partial charge in [0, 0.05) is 6.42 Å². The van der Waals surface area contributed by atoms with Gasteiger partial charge in [-0.15, -0.1) is 0 Å². The third kappa shape index (κ3) is 58.4. The molecule has 0 aromatic heterocycles. The van der Waals surface area contributed by atoms with E-state index in [0.29, 0.717) is 17.4 Å². The van der Waals surface area contributed by atoms with E-state index in [1.165, 1.54) is 257 Å². The van der Waals surface area contributed by atoms with Crippen molar-refractivity contribution in [3.05, 3.63) is 36.5 Å². The third-order valence-corrected chi connectivity index (χ3v) is 15.8. The number of phosphoric acid groups is 1. The third-order valence-electron chi connectivity index (χ3n) is 14.8. The molecule has 3 unspecified atom stereocenters. The van der Waals surface area contributed by atoms with Crippen LogP contribution in [0.25, 0.3) is 0 Å². The second-order valence-corrected chi connectivity index (χ2v) is 24.9. The van der Waals surface area contributed by atoms with Crippen LogP contribution in [0.1, 0.15) is 322 Å². The van der Waals surface area contributed by atoms with Gasteiger partial charge >= 0.3 is 7.82 Å². The Morgan fingerprint density at radius 1 is 0.446 bits per heavy atom. The first-order valence-corrected chi connectivity index (χ1v) is 33.9. The molecule has 8 nitrogen and oxygen atoms in total. The van der Waals surface area contributed by atoms with Gasteiger partial charge in [0.25, 0.3) is 0 Å². The summed E-state index contributed by atoms with van der Waals surface area (Å²) in [6.45, 7) is 4.80. The maximum atomic E-state index is 13.0. The summed E-state index contributed by atoms with van der Waals surface area (Å²) in [5.74, 6) is -0.186. The largest absolute Gasteiger partial charge is 0.472 e. The molecule has 1 amide bonds. The van der Waals surface area contributed by atoms with Crippen LogP contribution in [-0.4, -0.2) is 73.4 Å². The van der Waals surface area contributed by atoms with Crippen molar-refractivity contribution < 1.29 is 32.9 Å². The van der Waals surface area contributed by atoms with Crippen molar-refractivity contribution >= 4 is 13.7 Å². The van der Waals surface area contributed by atoms with E-state index in [2.05, 4.69) is 43.5 Å². The van der Waals surface area contributed by atoms with Gasteiger partial charge in [-0.25, -0.2) is 4.57 Å². The molecular weight excluding hydrogens is 936 g/mol. The predicted octanol–water partition coefficient (Wildman–Crippen LogP) is 20.1. The van der Waals surface area contributed by atoms with E-state index in [0.717, 1.165) is 44.9 Å². The summed E-state index contributed by atoms with van der Waals surface area (Å²) in [5, 5.41) is 13.9. The topological polar surface area (TPSA) is 105 Å². The molecule has 0 aliphatic rings. The number of unbranched alkanes of at least 4 members (excludes halogenated alkanes) is 43. The van der Waals surface area contributed by atoms with E-state index in [4.69, 9.17) is 9.05 Å². The monoisotopic (exact) mass is 1060 g/mol. The summed E-state index contributed by atoms with van der Waals surface area (Å²) < 4.78 is 23.7. The second kappa shape index (κ2) is 56.4. The van der Waals surface area contributed by atoms with E-state index in [-0.39, 0.29) is 19.1 Å². The van der Waals surface area contributed by atoms with E-state index in [1.54, 1.807) is 6.08 Å². The molecule has 9 heteroatoms. The average molecular weight is 1060 g/mol. The van der Waals surface area contributed by atoms with Crippen LogP contribution in [0.15, 0.2) is 36.5 Å². The summed E-state index contributed by atoms with van der Waals surface area (Å²) >= 11 is 0. The number of carbonyl (C=O) groups is 1. The average Bonchev–Trinajstić information content (AvgIpc) is 3.36. The van der Waals surface area contributed by atoms with Crippen molar-refractivity contribution in [3.63, 3.8) is 0 Å². The molecule has 0 aliphatic heterocycles. The Hall–Kier alpha value is -1.28. The zero-order valence-corrected chi connectivity index (χ0v) is 51.0. The standard InChI is InChI=1S/C65H127N2O6P/c1-6-8-10-12-14-16-18-20-22-23-24-25-26-27-28-29-30-31-32-33-34-35-36-37-38-39-40-41-42-43-44-45-47-49-51-53-55-57-59-65(69)66-63(62-73-74(70,71)72-61-60-67(3,4)5)64(68)58-56-54-52-50-48-46-21-19-17-15-13-11-9-7-2/h17,19,48,50,56,58,63-64,68H,6-16,18,20-47,49,51-55,57,59-62H2,1-5H3,(H-,66,69,70,71)/p+1/b19-17+,50-48+,58-56+. The molecule has 0 saturated carbocycles. The van der Waals surface area contributed by atoms with E-state index >= 15 is 0 Å². The smallest absolute Gasteiger partial charge is 0.387 e. The minimum Gasteiger partial charge on any atom is -0.387 e. The van der Waals surface area contributed by atoms with Crippen LogP contribution in [0.5, 0.6) is 0 Å². The first-order chi connectivity index (χ1) is 36.0. The first-order valence-electron chi connectivity index (χ1n) is 32.4. The number of rotatable bonds is 60.